The first-order valence-electron chi connectivity index (χ1n) is 8.12. The zero-order valence-corrected chi connectivity index (χ0v) is 14.0. The lowest BCUT2D eigenvalue weighted by atomic mass is 9.61. The third kappa shape index (κ3) is 2.61. The molecule has 1 N–H and O–H groups in total. The van der Waals surface area contributed by atoms with Gasteiger partial charge in [-0.2, -0.15) is 5.10 Å². The molecule has 10 heteroatoms. The van der Waals surface area contributed by atoms with Crippen molar-refractivity contribution in [2.75, 3.05) is 6.61 Å². The van der Waals surface area contributed by atoms with Crippen LogP contribution in [-0.4, -0.2) is 34.4 Å². The van der Waals surface area contributed by atoms with E-state index >= 15 is 0 Å². The van der Waals surface area contributed by atoms with Gasteiger partial charge in [0.05, 0.1) is 24.3 Å². The van der Waals surface area contributed by atoms with Crippen molar-refractivity contribution in [1.82, 2.24) is 15.1 Å². The van der Waals surface area contributed by atoms with Gasteiger partial charge in [-0.05, 0) is 24.1 Å². The molecule has 2 aromatic rings. The average molecular weight is 387 g/mol. The molecule has 3 atom stereocenters. The highest BCUT2D eigenvalue weighted by atomic mass is 19.3. The molecule has 3 fully saturated rings. The lowest BCUT2D eigenvalue weighted by molar-refractivity contribution is 0.0672. The first-order chi connectivity index (χ1) is 12.7. The maximum absolute atomic E-state index is 13.6. The van der Waals surface area contributed by atoms with E-state index in [2.05, 4.69) is 10.4 Å². The lowest BCUT2D eigenvalue weighted by Gasteiger charge is -2.45. The number of nitrogens with zero attached hydrogens (tertiary/aromatic N) is 2. The van der Waals surface area contributed by atoms with E-state index in [0.29, 0.717) is 6.42 Å². The Morgan fingerprint density at radius 3 is 2.59 bits per heavy atom. The number of rotatable bonds is 4. The van der Waals surface area contributed by atoms with Crippen LogP contribution in [0.4, 0.5) is 22.0 Å². The molecule has 144 valence electrons. The number of alkyl halides is 2. The second-order valence-corrected chi connectivity index (χ2v) is 6.82. The highest BCUT2D eigenvalue weighted by Crippen LogP contribution is 2.52. The number of hydrogen-bond acceptors (Lipinski definition) is 3. The van der Waals surface area contributed by atoms with E-state index in [0.717, 1.165) is 16.8 Å². The standard InChI is InChI=1S/C17H14F5N3O2/c1-25-5-8(13(24-25)15(21)22)16(26)23-14-11-4-17(14,6-27-11)7-2-9(18)12(20)10(19)3-7/h2-3,5,11,14-15H,4,6H2,1H3,(H,23,26). The maximum atomic E-state index is 13.6. The van der Waals surface area contributed by atoms with Gasteiger partial charge in [-0.15, -0.1) is 0 Å². The topological polar surface area (TPSA) is 56.2 Å². The van der Waals surface area contributed by atoms with Crippen LogP contribution in [0.1, 0.15) is 34.5 Å². The Morgan fingerprint density at radius 1 is 1.33 bits per heavy atom. The van der Waals surface area contributed by atoms with Gasteiger partial charge in [0.2, 0.25) is 0 Å². The van der Waals surface area contributed by atoms with Gasteiger partial charge in [-0.25, -0.2) is 22.0 Å². The summed E-state index contributed by atoms with van der Waals surface area (Å²) in [7, 11) is 1.41. The molecule has 3 heterocycles. The van der Waals surface area contributed by atoms with Crippen LogP contribution < -0.4 is 5.32 Å². The van der Waals surface area contributed by atoms with E-state index in [4.69, 9.17) is 4.74 Å². The zero-order chi connectivity index (χ0) is 19.5. The summed E-state index contributed by atoms with van der Waals surface area (Å²) in [4.78, 5) is 12.5. The molecule has 1 aromatic carbocycles. The summed E-state index contributed by atoms with van der Waals surface area (Å²) < 4.78 is 73.3. The minimum atomic E-state index is -2.93. The minimum Gasteiger partial charge on any atom is -0.375 e. The van der Waals surface area contributed by atoms with E-state index in [-0.39, 0.29) is 17.7 Å². The van der Waals surface area contributed by atoms with E-state index in [1.807, 2.05) is 0 Å². The van der Waals surface area contributed by atoms with Crippen LogP contribution in [0.2, 0.25) is 0 Å². The van der Waals surface area contributed by atoms with Crippen molar-refractivity contribution in [3.63, 3.8) is 0 Å². The molecule has 1 aromatic heterocycles. The van der Waals surface area contributed by atoms with Crippen molar-refractivity contribution in [3.8, 4) is 0 Å². The summed E-state index contributed by atoms with van der Waals surface area (Å²) >= 11 is 0. The molecule has 27 heavy (non-hydrogen) atoms. The number of benzene rings is 1. The van der Waals surface area contributed by atoms with Gasteiger partial charge in [0.15, 0.2) is 17.5 Å². The van der Waals surface area contributed by atoms with Crippen molar-refractivity contribution in [2.24, 2.45) is 7.05 Å². The number of halogens is 5. The van der Waals surface area contributed by atoms with Crippen LogP contribution in [0, 0.1) is 17.5 Å². The molecule has 5 nitrogen and oxygen atoms in total. The lowest BCUT2D eigenvalue weighted by Crippen LogP contribution is -2.62. The number of aryl methyl sites for hydroxylation is 1. The molecule has 3 unspecified atom stereocenters. The van der Waals surface area contributed by atoms with Crippen LogP contribution in [-0.2, 0) is 17.2 Å². The molecule has 2 aliphatic heterocycles. The zero-order valence-electron chi connectivity index (χ0n) is 14.0. The fraction of sp³-hybridized carbons (Fsp3) is 0.412. The van der Waals surface area contributed by atoms with Gasteiger partial charge < -0.3 is 10.1 Å². The summed E-state index contributed by atoms with van der Waals surface area (Å²) in [6, 6.07) is 1.06. The van der Waals surface area contributed by atoms with Crippen molar-refractivity contribution in [2.45, 2.75) is 30.4 Å². The van der Waals surface area contributed by atoms with Crippen molar-refractivity contribution >= 4 is 5.91 Å². The number of carbonyl (C=O) groups is 1. The first kappa shape index (κ1) is 17.9. The highest BCUT2D eigenvalue weighted by molar-refractivity contribution is 5.95. The summed E-state index contributed by atoms with van der Waals surface area (Å²) in [6.07, 6.45) is -1.81. The quantitative estimate of drug-likeness (QED) is 0.648. The van der Waals surface area contributed by atoms with Crippen LogP contribution in [0.25, 0.3) is 0 Å². The van der Waals surface area contributed by atoms with Gasteiger partial charge in [0.25, 0.3) is 12.3 Å². The molecule has 0 spiro atoms. The molecule has 0 radical (unpaired) electrons. The molecule has 1 aliphatic carbocycles. The molecule has 5 rings (SSSR count). The van der Waals surface area contributed by atoms with Gasteiger partial charge in [0, 0.05) is 18.7 Å². The van der Waals surface area contributed by atoms with E-state index in [1.54, 1.807) is 0 Å². The number of hydrogen-bond donors (Lipinski definition) is 1. The summed E-state index contributed by atoms with van der Waals surface area (Å²) in [5.41, 5.74) is -1.73. The minimum absolute atomic E-state index is 0.0713. The van der Waals surface area contributed by atoms with E-state index in [1.165, 1.54) is 13.2 Å². The molecule has 2 bridgehead atoms. The van der Waals surface area contributed by atoms with Crippen LogP contribution in [0.3, 0.4) is 0 Å². The number of aromatic nitrogens is 2. The van der Waals surface area contributed by atoms with Crippen molar-refractivity contribution in [1.29, 1.82) is 0 Å². The summed E-state index contributed by atoms with van der Waals surface area (Å²) in [6.45, 7) is 0.0713. The van der Waals surface area contributed by atoms with Gasteiger partial charge in [0.1, 0.15) is 5.69 Å². The highest BCUT2D eigenvalue weighted by Gasteiger charge is 2.62. The summed E-state index contributed by atoms with van der Waals surface area (Å²) in [5, 5.41) is 6.19. The van der Waals surface area contributed by atoms with Crippen molar-refractivity contribution in [3.05, 3.63) is 52.6 Å². The Hall–Kier alpha value is -2.49. The van der Waals surface area contributed by atoms with Gasteiger partial charge in [-0.1, -0.05) is 0 Å². The number of nitrogens with one attached hydrogen (secondary N) is 1. The third-order valence-electron chi connectivity index (χ3n) is 5.24. The first-order valence-corrected chi connectivity index (χ1v) is 8.12. The molecular formula is C17H14F5N3O2. The Kier molecular flexibility index (Phi) is 3.99. The molecule has 2 saturated heterocycles. The number of amides is 1. The molecule has 1 amide bonds. The number of carbonyl (C=O) groups excluding carboxylic acids is 1. The largest absolute Gasteiger partial charge is 0.375 e. The molecule has 3 aliphatic rings. The Balaban J connectivity index is 1.63. The number of fused-ring (bicyclic) bond motifs is 1. The molecule has 1 saturated carbocycles. The second-order valence-electron chi connectivity index (χ2n) is 6.82. The van der Waals surface area contributed by atoms with Crippen LogP contribution in [0.5, 0.6) is 0 Å². The monoisotopic (exact) mass is 387 g/mol. The molecular weight excluding hydrogens is 373 g/mol. The van der Waals surface area contributed by atoms with E-state index < -0.39 is 53.0 Å². The fourth-order valence-electron chi connectivity index (χ4n) is 3.87. The second kappa shape index (κ2) is 6.01. The summed E-state index contributed by atoms with van der Waals surface area (Å²) in [5.74, 6) is -5.05. The maximum Gasteiger partial charge on any atom is 0.282 e. The van der Waals surface area contributed by atoms with Crippen molar-refractivity contribution < 1.29 is 31.5 Å². The normalized spacial score (nSPS) is 26.3. The van der Waals surface area contributed by atoms with E-state index in [9.17, 15) is 26.7 Å². The average Bonchev–Trinajstić information content (AvgIpc) is 3.29. The van der Waals surface area contributed by atoms with Gasteiger partial charge in [-0.3, -0.25) is 9.48 Å². The Labute approximate surface area is 150 Å². The van der Waals surface area contributed by atoms with Gasteiger partial charge >= 0.3 is 0 Å². The van der Waals surface area contributed by atoms with Crippen LogP contribution in [0.15, 0.2) is 18.3 Å². The number of ether oxygens (including phenoxy) is 1. The predicted molar refractivity (Wildman–Crippen MR) is 81.8 cm³/mol. The van der Waals surface area contributed by atoms with Crippen LogP contribution >= 0.6 is 0 Å². The predicted octanol–water partition coefficient (Wildman–Crippen LogP) is 2.61. The third-order valence-corrected chi connectivity index (χ3v) is 5.24. The smallest absolute Gasteiger partial charge is 0.282 e. The fourth-order valence-corrected chi connectivity index (χ4v) is 3.87. The SMILES string of the molecule is Cn1cc(C(=O)NC2C3CC2(c2cc(F)c(F)c(F)c2)CO3)c(C(F)F)n1. The Bertz CT molecular complexity index is 904. The Morgan fingerprint density at radius 2 is 2.00 bits per heavy atom.